The van der Waals surface area contributed by atoms with Gasteiger partial charge in [0.25, 0.3) is 0 Å². The van der Waals surface area contributed by atoms with Crippen LogP contribution in [0.25, 0.3) is 0 Å². The van der Waals surface area contributed by atoms with Crippen LogP contribution in [0, 0.1) is 0 Å². The van der Waals surface area contributed by atoms with Crippen molar-refractivity contribution in [3.8, 4) is 0 Å². The van der Waals surface area contributed by atoms with E-state index >= 15 is 0 Å². The van der Waals surface area contributed by atoms with Crippen molar-refractivity contribution in [1.82, 2.24) is 0 Å². The first-order valence-corrected chi connectivity index (χ1v) is 0. The third-order valence-corrected chi connectivity index (χ3v) is 0. The summed E-state index contributed by atoms with van der Waals surface area (Å²) < 4.78 is 0. The number of rotatable bonds is 0. The van der Waals surface area contributed by atoms with Crippen molar-refractivity contribution in [2.75, 3.05) is 0 Å². The molecule has 0 aliphatic heterocycles. The maximum atomic E-state index is 0. The van der Waals surface area contributed by atoms with Gasteiger partial charge in [0, 0.05) is 22.4 Å². The first-order chi connectivity index (χ1) is 0. The predicted molar refractivity (Wildman–Crippen MR) is 3.60 cm³/mol. The molecule has 0 aliphatic rings. The second-order valence-electron chi connectivity index (χ2n) is 0. The maximum Gasteiger partial charge on any atom is 4.00 e. The maximum absolute atomic E-state index is 0. The Hall–Kier alpha value is 2.97. The van der Waals surface area contributed by atoms with E-state index in [1.54, 1.807) is 0 Å². The molecule has 0 heterocycles. The Bertz CT molecular complexity index is 20.0. The monoisotopic (exact) mass is 205 g/mol. The molecule has 0 saturated carbocycles. The molecule has 2 nitrogen and oxygen atoms in total. The van der Waals surface area contributed by atoms with E-state index in [4.69, 9.17) is 0 Å². The van der Waals surface area contributed by atoms with Crippen molar-refractivity contribution >= 4 is 0 Å². The molecule has 0 saturated heterocycles. The third kappa shape index (κ3) is 28.2. The molecule has 0 unspecified atom stereocenters. The summed E-state index contributed by atoms with van der Waals surface area (Å²) in [6, 6.07) is 0. The molecule has 0 aromatic rings. The quantitative estimate of drug-likeness (QED) is 0.353. The number of hydrogen-bond donors (Lipinski definition) is 0. The number of hydrogen-bond acceptors (Lipinski definition) is 0. The van der Waals surface area contributed by atoms with Crippen LogP contribution in [-0.4, -0.2) is 0 Å². The molecule has 6 heavy (non-hydrogen) atoms. The van der Waals surface area contributed by atoms with E-state index in [1.807, 2.05) is 0 Å². The first kappa shape index (κ1) is 64.6. The van der Waals surface area contributed by atoms with Gasteiger partial charge >= 0.3 is 70.1 Å². The zero-order valence-electron chi connectivity index (χ0n) is 5.76. The van der Waals surface area contributed by atoms with Crippen LogP contribution in [-0.2, 0) is 55.1 Å². The fourth-order valence-corrected chi connectivity index (χ4v) is 0. The molecule has 25 valence electrons. The van der Waals surface area contributed by atoms with Crippen molar-refractivity contribution in [1.29, 1.82) is 0 Å². The predicted octanol–water partition coefficient (Wildman–Crippen LogP) is -6.01. The SMILES string of the molecule is [H-].[H-].[Li+].[Na+].[Nb].[O-2].[O-2].[Ti+4]. The van der Waals surface area contributed by atoms with Crippen LogP contribution in [0.2, 0.25) is 0 Å². The van der Waals surface area contributed by atoms with Crippen LogP contribution in [0.15, 0.2) is 0 Å². The summed E-state index contributed by atoms with van der Waals surface area (Å²) in [7, 11) is 0. The molecular formula is H2LiNaNbO2Ti. The second-order valence-corrected chi connectivity index (χ2v) is 0. The molecular weight excluding hydrogens is 203 g/mol. The van der Waals surface area contributed by atoms with Crippen LogP contribution in [0.1, 0.15) is 2.85 Å². The molecule has 0 aromatic carbocycles. The normalized spacial score (nSPS) is 0. The van der Waals surface area contributed by atoms with E-state index in [0.29, 0.717) is 0 Å². The van der Waals surface area contributed by atoms with Gasteiger partial charge in [-0.15, -0.1) is 0 Å². The van der Waals surface area contributed by atoms with Crippen molar-refractivity contribution in [2.45, 2.75) is 0 Å². The van der Waals surface area contributed by atoms with E-state index in [0.717, 1.165) is 0 Å². The molecule has 0 bridgehead atoms. The van der Waals surface area contributed by atoms with Gasteiger partial charge < -0.3 is 13.8 Å². The van der Waals surface area contributed by atoms with Crippen LogP contribution in [0.5, 0.6) is 0 Å². The molecule has 0 fully saturated rings. The molecule has 0 amide bonds. The average Bonchev–Trinajstić information content (AvgIpc) is 0. The summed E-state index contributed by atoms with van der Waals surface area (Å²) in [6.07, 6.45) is 0. The largest absolute Gasteiger partial charge is 4.00 e. The van der Waals surface area contributed by atoms with E-state index in [9.17, 15) is 0 Å². The van der Waals surface area contributed by atoms with Gasteiger partial charge in [0.05, 0.1) is 0 Å². The zero-order valence-corrected chi connectivity index (χ0v) is 9.52. The van der Waals surface area contributed by atoms with Crippen molar-refractivity contribution < 1.29 is 106 Å². The summed E-state index contributed by atoms with van der Waals surface area (Å²) in [6.45, 7) is 0. The van der Waals surface area contributed by atoms with Crippen LogP contribution >= 0.6 is 0 Å². The molecule has 0 N–H and O–H groups in total. The van der Waals surface area contributed by atoms with Gasteiger partial charge in [-0.2, -0.15) is 0 Å². The van der Waals surface area contributed by atoms with E-state index in [-0.39, 0.29) is 106 Å². The van der Waals surface area contributed by atoms with E-state index < -0.39 is 0 Å². The molecule has 6 heteroatoms. The molecule has 0 spiro atoms. The summed E-state index contributed by atoms with van der Waals surface area (Å²) in [5.74, 6) is 0. The minimum absolute atomic E-state index is 0. The van der Waals surface area contributed by atoms with Gasteiger partial charge in [-0.1, -0.05) is 0 Å². The Labute approximate surface area is 105 Å². The van der Waals surface area contributed by atoms with Crippen LogP contribution in [0.4, 0.5) is 0 Å². The third-order valence-electron chi connectivity index (χ3n) is 0. The zero-order chi connectivity index (χ0) is 0. The van der Waals surface area contributed by atoms with Gasteiger partial charge in [0.15, 0.2) is 0 Å². The van der Waals surface area contributed by atoms with Crippen molar-refractivity contribution in [3.63, 3.8) is 0 Å². The van der Waals surface area contributed by atoms with Crippen LogP contribution < -0.4 is 48.4 Å². The van der Waals surface area contributed by atoms with Crippen molar-refractivity contribution in [2.24, 2.45) is 0 Å². The minimum atomic E-state index is 0. The fraction of sp³-hybridized carbons (Fsp3) is 0. The fourth-order valence-electron chi connectivity index (χ4n) is 0. The molecule has 0 aromatic heterocycles. The van der Waals surface area contributed by atoms with Gasteiger partial charge in [0.2, 0.25) is 0 Å². The Kier molecular flexibility index (Phi) is 472. The van der Waals surface area contributed by atoms with Crippen LogP contribution in [0.3, 0.4) is 0 Å². The van der Waals surface area contributed by atoms with Gasteiger partial charge in [-0.3, -0.25) is 0 Å². The Morgan fingerprint density at radius 1 is 1.00 bits per heavy atom. The Morgan fingerprint density at radius 3 is 1.00 bits per heavy atom. The van der Waals surface area contributed by atoms with E-state index in [2.05, 4.69) is 0 Å². The second kappa shape index (κ2) is 43.9. The molecule has 0 aliphatic carbocycles. The van der Waals surface area contributed by atoms with E-state index in [1.165, 1.54) is 0 Å². The Morgan fingerprint density at radius 2 is 1.00 bits per heavy atom. The van der Waals surface area contributed by atoms with Crippen molar-refractivity contribution in [3.05, 3.63) is 0 Å². The summed E-state index contributed by atoms with van der Waals surface area (Å²) in [4.78, 5) is 0. The van der Waals surface area contributed by atoms with Gasteiger partial charge in [-0.25, -0.2) is 0 Å². The summed E-state index contributed by atoms with van der Waals surface area (Å²) in [5, 5.41) is 0. The first-order valence-electron chi connectivity index (χ1n) is 0. The average molecular weight is 205 g/mol. The molecule has 0 atom stereocenters. The molecule has 0 rings (SSSR count). The standard InChI is InChI=1S/Li.Na.Nb.2O.Ti.2H/q2*+1;;2*-2;+4;2*-1. The summed E-state index contributed by atoms with van der Waals surface area (Å²) in [5.41, 5.74) is 0. The Balaban J connectivity index is 0. The van der Waals surface area contributed by atoms with Gasteiger partial charge in [-0.05, 0) is 0 Å². The topological polar surface area (TPSA) is 57.0 Å². The molecule has 1 radical (unpaired) electrons. The summed E-state index contributed by atoms with van der Waals surface area (Å²) >= 11 is 0. The van der Waals surface area contributed by atoms with Gasteiger partial charge in [0.1, 0.15) is 0 Å². The smallest absolute Gasteiger partial charge is 2.00 e. The minimum Gasteiger partial charge on any atom is -2.00 e.